The van der Waals surface area contributed by atoms with Gasteiger partial charge >= 0.3 is 0 Å². The van der Waals surface area contributed by atoms with Crippen molar-refractivity contribution >= 4 is 0 Å². The van der Waals surface area contributed by atoms with E-state index in [-0.39, 0.29) is 18.7 Å². The summed E-state index contributed by atoms with van der Waals surface area (Å²) in [4.78, 5) is 2.36. The molecule has 14 heavy (non-hydrogen) atoms. The van der Waals surface area contributed by atoms with Crippen molar-refractivity contribution in [3.8, 4) is 0 Å². The molecule has 1 rings (SSSR count). The third-order valence-electron chi connectivity index (χ3n) is 3.15. The number of nitrogens with zero attached hydrogens (tertiary/aromatic N) is 1. The first kappa shape index (κ1) is 12.0. The summed E-state index contributed by atoms with van der Waals surface area (Å²) < 4.78 is 0. The largest absolute Gasteiger partial charge is 0.395 e. The van der Waals surface area contributed by atoms with Crippen LogP contribution in [0.3, 0.4) is 0 Å². The highest BCUT2D eigenvalue weighted by Gasteiger charge is 2.21. The number of likely N-dealkylation sites (tertiary alicyclic amines) is 1. The lowest BCUT2D eigenvalue weighted by atomic mass is 10.0. The minimum atomic E-state index is 0.0689. The molecule has 0 bridgehead atoms. The van der Waals surface area contributed by atoms with Gasteiger partial charge in [0.25, 0.3) is 0 Å². The van der Waals surface area contributed by atoms with Gasteiger partial charge in [-0.3, -0.25) is 4.90 Å². The summed E-state index contributed by atoms with van der Waals surface area (Å²) in [5.41, 5.74) is 5.87. The molecular weight excluding hydrogens is 176 g/mol. The number of hydrogen-bond donors (Lipinski definition) is 2. The standard InChI is InChI=1S/C11H24N2O/c1-10(12)11(9-14)13-7-5-3-2-4-6-8-13/h10-11,14H,2-9,12H2,1H3. The molecule has 2 unspecified atom stereocenters. The Bertz CT molecular complexity index is 142. The average molecular weight is 200 g/mol. The summed E-state index contributed by atoms with van der Waals surface area (Å²) in [5, 5.41) is 9.29. The lowest BCUT2D eigenvalue weighted by molar-refractivity contribution is 0.0999. The van der Waals surface area contributed by atoms with E-state index >= 15 is 0 Å². The Hall–Kier alpha value is -0.120. The van der Waals surface area contributed by atoms with Gasteiger partial charge in [-0.15, -0.1) is 0 Å². The predicted octanol–water partition coefficient (Wildman–Crippen LogP) is 0.961. The highest BCUT2D eigenvalue weighted by molar-refractivity contribution is 4.79. The Kier molecular flexibility index (Phi) is 5.45. The number of hydrogen-bond acceptors (Lipinski definition) is 3. The third-order valence-corrected chi connectivity index (χ3v) is 3.15. The molecular formula is C11H24N2O. The van der Waals surface area contributed by atoms with Gasteiger partial charge in [-0.05, 0) is 32.9 Å². The van der Waals surface area contributed by atoms with Crippen molar-refractivity contribution in [2.45, 2.75) is 51.1 Å². The van der Waals surface area contributed by atoms with Crippen LogP contribution < -0.4 is 5.73 Å². The van der Waals surface area contributed by atoms with Crippen molar-refractivity contribution < 1.29 is 5.11 Å². The second kappa shape index (κ2) is 6.38. The molecule has 0 amide bonds. The van der Waals surface area contributed by atoms with Gasteiger partial charge in [-0.2, -0.15) is 0 Å². The topological polar surface area (TPSA) is 49.5 Å². The summed E-state index contributed by atoms with van der Waals surface area (Å²) in [5.74, 6) is 0. The Morgan fingerprint density at radius 2 is 1.64 bits per heavy atom. The van der Waals surface area contributed by atoms with Gasteiger partial charge in [-0.25, -0.2) is 0 Å². The molecule has 3 N–H and O–H groups in total. The fraction of sp³-hybridized carbons (Fsp3) is 1.00. The van der Waals surface area contributed by atoms with Crippen LogP contribution in [0, 0.1) is 0 Å². The van der Waals surface area contributed by atoms with E-state index in [1.54, 1.807) is 0 Å². The maximum atomic E-state index is 9.29. The van der Waals surface area contributed by atoms with Crippen LogP contribution in [-0.2, 0) is 0 Å². The summed E-state index contributed by atoms with van der Waals surface area (Å²) >= 11 is 0. The molecule has 1 saturated heterocycles. The van der Waals surface area contributed by atoms with E-state index in [1.165, 1.54) is 32.1 Å². The Balaban J connectivity index is 2.44. The van der Waals surface area contributed by atoms with E-state index in [0.717, 1.165) is 13.1 Å². The number of nitrogens with two attached hydrogens (primary N) is 1. The zero-order valence-corrected chi connectivity index (χ0v) is 9.28. The minimum Gasteiger partial charge on any atom is -0.395 e. The quantitative estimate of drug-likeness (QED) is 0.713. The van der Waals surface area contributed by atoms with Gasteiger partial charge in [-0.1, -0.05) is 19.3 Å². The lowest BCUT2D eigenvalue weighted by Crippen LogP contribution is -2.49. The highest BCUT2D eigenvalue weighted by atomic mass is 16.3. The first-order chi connectivity index (χ1) is 6.75. The van der Waals surface area contributed by atoms with Crippen molar-refractivity contribution in [1.29, 1.82) is 0 Å². The first-order valence-corrected chi connectivity index (χ1v) is 5.86. The number of aliphatic hydroxyl groups is 1. The van der Waals surface area contributed by atoms with Crippen molar-refractivity contribution in [2.75, 3.05) is 19.7 Å². The van der Waals surface area contributed by atoms with Crippen molar-refractivity contribution in [2.24, 2.45) is 5.73 Å². The molecule has 0 aromatic heterocycles. The van der Waals surface area contributed by atoms with Crippen molar-refractivity contribution in [1.82, 2.24) is 4.90 Å². The van der Waals surface area contributed by atoms with E-state index in [9.17, 15) is 5.11 Å². The lowest BCUT2D eigenvalue weighted by Gasteiger charge is -2.34. The molecule has 84 valence electrons. The van der Waals surface area contributed by atoms with Gasteiger partial charge in [0.2, 0.25) is 0 Å². The minimum absolute atomic E-state index is 0.0689. The van der Waals surface area contributed by atoms with Crippen LogP contribution >= 0.6 is 0 Å². The Morgan fingerprint density at radius 1 is 1.14 bits per heavy atom. The molecule has 1 heterocycles. The van der Waals surface area contributed by atoms with Gasteiger partial charge in [0.05, 0.1) is 6.61 Å². The second-order valence-electron chi connectivity index (χ2n) is 4.41. The summed E-state index contributed by atoms with van der Waals surface area (Å²) in [6.07, 6.45) is 6.53. The third kappa shape index (κ3) is 3.56. The van der Waals surface area contributed by atoms with Gasteiger partial charge in [0.1, 0.15) is 0 Å². The predicted molar refractivity (Wildman–Crippen MR) is 59.2 cm³/mol. The number of rotatable bonds is 3. The fourth-order valence-electron chi connectivity index (χ4n) is 2.22. The van der Waals surface area contributed by atoms with E-state index in [0.29, 0.717) is 0 Å². The molecule has 0 aromatic carbocycles. The van der Waals surface area contributed by atoms with Gasteiger partial charge < -0.3 is 10.8 Å². The van der Waals surface area contributed by atoms with Crippen LogP contribution in [0.15, 0.2) is 0 Å². The maximum Gasteiger partial charge on any atom is 0.0601 e. The molecule has 0 radical (unpaired) electrons. The summed E-state index contributed by atoms with van der Waals surface area (Å²) in [7, 11) is 0. The molecule has 0 saturated carbocycles. The van der Waals surface area contributed by atoms with E-state index in [1.807, 2.05) is 6.92 Å². The zero-order valence-electron chi connectivity index (χ0n) is 9.28. The van der Waals surface area contributed by atoms with Gasteiger partial charge in [0, 0.05) is 12.1 Å². The van der Waals surface area contributed by atoms with Crippen LogP contribution in [0.2, 0.25) is 0 Å². The monoisotopic (exact) mass is 200 g/mol. The molecule has 0 spiro atoms. The zero-order chi connectivity index (χ0) is 10.4. The Labute approximate surface area is 87.3 Å². The molecule has 1 aliphatic rings. The highest BCUT2D eigenvalue weighted by Crippen LogP contribution is 2.13. The SMILES string of the molecule is CC(N)C(CO)N1CCCCCCC1. The normalized spacial score (nSPS) is 25.1. The molecule has 1 fully saturated rings. The molecule has 0 aliphatic carbocycles. The summed E-state index contributed by atoms with van der Waals surface area (Å²) in [6, 6.07) is 0.229. The van der Waals surface area contributed by atoms with Crippen molar-refractivity contribution in [3.05, 3.63) is 0 Å². The van der Waals surface area contributed by atoms with Gasteiger partial charge in [0.15, 0.2) is 0 Å². The fourth-order valence-corrected chi connectivity index (χ4v) is 2.22. The second-order valence-corrected chi connectivity index (χ2v) is 4.41. The van der Waals surface area contributed by atoms with Crippen LogP contribution in [-0.4, -0.2) is 41.8 Å². The van der Waals surface area contributed by atoms with Crippen LogP contribution in [0.4, 0.5) is 0 Å². The van der Waals surface area contributed by atoms with Crippen LogP contribution in [0.5, 0.6) is 0 Å². The summed E-state index contributed by atoms with van der Waals surface area (Å²) in [6.45, 7) is 4.39. The molecule has 2 atom stereocenters. The average Bonchev–Trinajstić information content (AvgIpc) is 2.08. The van der Waals surface area contributed by atoms with E-state index in [4.69, 9.17) is 5.73 Å². The molecule has 3 nitrogen and oxygen atoms in total. The Morgan fingerprint density at radius 3 is 2.07 bits per heavy atom. The molecule has 1 aliphatic heterocycles. The maximum absolute atomic E-state index is 9.29. The van der Waals surface area contributed by atoms with Crippen molar-refractivity contribution in [3.63, 3.8) is 0 Å². The van der Waals surface area contributed by atoms with E-state index < -0.39 is 0 Å². The van der Waals surface area contributed by atoms with Crippen LogP contribution in [0.25, 0.3) is 0 Å². The van der Waals surface area contributed by atoms with E-state index in [2.05, 4.69) is 4.90 Å². The smallest absolute Gasteiger partial charge is 0.0601 e. The van der Waals surface area contributed by atoms with Crippen LogP contribution in [0.1, 0.15) is 39.0 Å². The molecule has 0 aromatic rings. The number of aliphatic hydroxyl groups excluding tert-OH is 1. The molecule has 3 heteroatoms. The first-order valence-electron chi connectivity index (χ1n) is 5.86.